The Morgan fingerprint density at radius 2 is 2.20 bits per heavy atom. The first-order valence-electron chi connectivity index (χ1n) is 5.71. The molecule has 0 aliphatic carbocycles. The summed E-state index contributed by atoms with van der Waals surface area (Å²) in [5.74, 6) is 0. The molecule has 0 aromatic carbocycles. The van der Waals surface area contributed by atoms with Crippen LogP contribution in [0.4, 0.5) is 0 Å². The van der Waals surface area contributed by atoms with Crippen molar-refractivity contribution in [2.45, 2.75) is 25.3 Å². The van der Waals surface area contributed by atoms with E-state index in [1.807, 2.05) is 12.3 Å². The lowest BCUT2D eigenvalue weighted by Crippen LogP contribution is -2.37. The second kappa shape index (κ2) is 5.24. The highest BCUT2D eigenvalue weighted by Gasteiger charge is 2.14. The second-order valence-corrected chi connectivity index (χ2v) is 4.33. The van der Waals surface area contributed by atoms with Crippen LogP contribution in [0.5, 0.6) is 0 Å². The molecule has 0 amide bonds. The number of aromatic nitrogens is 1. The zero-order chi connectivity index (χ0) is 10.5. The summed E-state index contributed by atoms with van der Waals surface area (Å²) in [6, 6.07) is 4.31. The highest BCUT2D eigenvalue weighted by atomic mass is 15.1. The first-order chi connectivity index (χ1) is 7.34. The molecule has 1 aliphatic rings. The molecule has 0 spiro atoms. The standard InChI is InChI=1S/C12H19N3/c13-12(10-15-6-1-2-7-15)8-11-4-3-5-14-9-11/h3-5,9,12H,1-2,6-8,10,13H2. The Balaban J connectivity index is 1.79. The average Bonchev–Trinajstić information content (AvgIpc) is 2.71. The topological polar surface area (TPSA) is 42.1 Å². The van der Waals surface area contributed by atoms with Gasteiger partial charge in [-0.05, 0) is 44.0 Å². The molecule has 2 N–H and O–H groups in total. The van der Waals surface area contributed by atoms with E-state index in [1.54, 1.807) is 6.20 Å². The minimum atomic E-state index is 0.243. The fraction of sp³-hybridized carbons (Fsp3) is 0.583. The molecule has 3 heteroatoms. The number of hydrogen-bond donors (Lipinski definition) is 1. The minimum absolute atomic E-state index is 0.243. The number of likely N-dealkylation sites (tertiary alicyclic amines) is 1. The van der Waals surface area contributed by atoms with Crippen molar-refractivity contribution < 1.29 is 0 Å². The lowest BCUT2D eigenvalue weighted by atomic mass is 10.1. The average molecular weight is 205 g/mol. The molecule has 3 nitrogen and oxygen atoms in total. The molecule has 2 rings (SSSR count). The Morgan fingerprint density at radius 1 is 1.40 bits per heavy atom. The molecule has 15 heavy (non-hydrogen) atoms. The Kier molecular flexibility index (Phi) is 3.69. The van der Waals surface area contributed by atoms with Gasteiger partial charge < -0.3 is 10.6 Å². The molecule has 1 fully saturated rings. The number of rotatable bonds is 4. The summed E-state index contributed by atoms with van der Waals surface area (Å²) in [6.45, 7) is 3.47. The third-order valence-electron chi connectivity index (χ3n) is 2.91. The second-order valence-electron chi connectivity index (χ2n) is 4.33. The van der Waals surface area contributed by atoms with Gasteiger partial charge in [0, 0.05) is 25.0 Å². The summed E-state index contributed by atoms with van der Waals surface area (Å²) in [7, 11) is 0. The summed E-state index contributed by atoms with van der Waals surface area (Å²) in [4.78, 5) is 6.56. The monoisotopic (exact) mass is 205 g/mol. The van der Waals surface area contributed by atoms with Gasteiger partial charge in [0.1, 0.15) is 0 Å². The molecule has 82 valence electrons. The van der Waals surface area contributed by atoms with Crippen molar-refractivity contribution in [3.63, 3.8) is 0 Å². The molecule has 0 radical (unpaired) electrons. The molecule has 1 aromatic rings. The highest BCUT2D eigenvalue weighted by Crippen LogP contribution is 2.08. The van der Waals surface area contributed by atoms with E-state index in [0.717, 1.165) is 13.0 Å². The Bertz CT molecular complexity index is 280. The highest BCUT2D eigenvalue weighted by molar-refractivity contribution is 5.10. The number of nitrogens with zero attached hydrogens (tertiary/aromatic N) is 2. The van der Waals surface area contributed by atoms with Crippen LogP contribution in [0.25, 0.3) is 0 Å². The van der Waals surface area contributed by atoms with Crippen molar-refractivity contribution in [2.75, 3.05) is 19.6 Å². The van der Waals surface area contributed by atoms with Crippen molar-refractivity contribution in [3.8, 4) is 0 Å². The van der Waals surface area contributed by atoms with Gasteiger partial charge in [-0.3, -0.25) is 4.98 Å². The minimum Gasteiger partial charge on any atom is -0.326 e. The fourth-order valence-corrected chi connectivity index (χ4v) is 2.18. The SMILES string of the molecule is NC(Cc1cccnc1)CN1CCCC1. The first kappa shape index (κ1) is 10.6. The van der Waals surface area contributed by atoms with Crippen LogP contribution < -0.4 is 5.73 Å². The Labute approximate surface area is 91.3 Å². The van der Waals surface area contributed by atoms with E-state index in [-0.39, 0.29) is 6.04 Å². The van der Waals surface area contributed by atoms with Crippen molar-refractivity contribution in [3.05, 3.63) is 30.1 Å². The molecular weight excluding hydrogens is 186 g/mol. The molecule has 1 unspecified atom stereocenters. The van der Waals surface area contributed by atoms with E-state index in [2.05, 4.69) is 16.0 Å². The number of hydrogen-bond acceptors (Lipinski definition) is 3. The largest absolute Gasteiger partial charge is 0.326 e. The molecule has 1 atom stereocenters. The quantitative estimate of drug-likeness (QED) is 0.799. The maximum absolute atomic E-state index is 6.12. The van der Waals surface area contributed by atoms with Crippen LogP contribution in [0, 0.1) is 0 Å². The smallest absolute Gasteiger partial charge is 0.0300 e. The predicted octanol–water partition coefficient (Wildman–Crippen LogP) is 1.05. The summed E-state index contributed by atoms with van der Waals surface area (Å²) in [5, 5.41) is 0. The predicted molar refractivity (Wildman–Crippen MR) is 61.6 cm³/mol. The van der Waals surface area contributed by atoms with Crippen LogP contribution in [-0.4, -0.2) is 35.6 Å². The van der Waals surface area contributed by atoms with E-state index >= 15 is 0 Å². The lowest BCUT2D eigenvalue weighted by molar-refractivity contribution is 0.313. The maximum atomic E-state index is 6.12. The van der Waals surface area contributed by atoms with Crippen LogP contribution in [0.15, 0.2) is 24.5 Å². The van der Waals surface area contributed by atoms with Gasteiger partial charge in [-0.15, -0.1) is 0 Å². The molecule has 1 aromatic heterocycles. The molecule has 0 saturated carbocycles. The van der Waals surface area contributed by atoms with Gasteiger partial charge in [0.2, 0.25) is 0 Å². The van der Waals surface area contributed by atoms with Crippen molar-refractivity contribution in [1.29, 1.82) is 0 Å². The van der Waals surface area contributed by atoms with Gasteiger partial charge in [-0.2, -0.15) is 0 Å². The van der Waals surface area contributed by atoms with E-state index in [0.29, 0.717) is 0 Å². The van der Waals surface area contributed by atoms with Crippen LogP contribution >= 0.6 is 0 Å². The summed E-state index contributed by atoms with van der Waals surface area (Å²) in [5.41, 5.74) is 7.36. The zero-order valence-electron chi connectivity index (χ0n) is 9.10. The molecular formula is C12H19N3. The van der Waals surface area contributed by atoms with Crippen LogP contribution in [-0.2, 0) is 6.42 Å². The molecule has 0 bridgehead atoms. The lowest BCUT2D eigenvalue weighted by Gasteiger charge is -2.19. The van der Waals surface area contributed by atoms with Crippen LogP contribution in [0.1, 0.15) is 18.4 Å². The molecule has 2 heterocycles. The maximum Gasteiger partial charge on any atom is 0.0300 e. The normalized spacial score (nSPS) is 19.3. The van der Waals surface area contributed by atoms with Gasteiger partial charge in [0.25, 0.3) is 0 Å². The Hall–Kier alpha value is -0.930. The van der Waals surface area contributed by atoms with E-state index in [1.165, 1.54) is 31.5 Å². The third-order valence-corrected chi connectivity index (χ3v) is 2.91. The summed E-state index contributed by atoms with van der Waals surface area (Å²) < 4.78 is 0. The molecule has 1 aliphatic heterocycles. The van der Waals surface area contributed by atoms with Crippen molar-refractivity contribution in [1.82, 2.24) is 9.88 Å². The van der Waals surface area contributed by atoms with Gasteiger partial charge in [-0.1, -0.05) is 6.07 Å². The first-order valence-corrected chi connectivity index (χ1v) is 5.71. The molecule has 1 saturated heterocycles. The number of nitrogens with two attached hydrogens (primary N) is 1. The van der Waals surface area contributed by atoms with Crippen molar-refractivity contribution in [2.24, 2.45) is 5.73 Å². The van der Waals surface area contributed by atoms with Gasteiger partial charge >= 0.3 is 0 Å². The summed E-state index contributed by atoms with van der Waals surface area (Å²) >= 11 is 0. The van der Waals surface area contributed by atoms with E-state index in [4.69, 9.17) is 5.73 Å². The summed E-state index contributed by atoms with van der Waals surface area (Å²) in [6.07, 6.45) is 7.31. The number of pyridine rings is 1. The van der Waals surface area contributed by atoms with Gasteiger partial charge in [0.05, 0.1) is 0 Å². The third kappa shape index (κ3) is 3.29. The van der Waals surface area contributed by atoms with E-state index < -0.39 is 0 Å². The zero-order valence-corrected chi connectivity index (χ0v) is 9.10. The van der Waals surface area contributed by atoms with Gasteiger partial charge in [0.15, 0.2) is 0 Å². The van der Waals surface area contributed by atoms with Crippen LogP contribution in [0.3, 0.4) is 0 Å². The Morgan fingerprint density at radius 3 is 2.87 bits per heavy atom. The fourth-order valence-electron chi connectivity index (χ4n) is 2.18. The van der Waals surface area contributed by atoms with Gasteiger partial charge in [-0.25, -0.2) is 0 Å². The van der Waals surface area contributed by atoms with E-state index in [9.17, 15) is 0 Å². The van der Waals surface area contributed by atoms with Crippen LogP contribution in [0.2, 0.25) is 0 Å². The van der Waals surface area contributed by atoms with Crippen molar-refractivity contribution >= 4 is 0 Å².